The Balaban J connectivity index is 1.32. The Bertz CT molecular complexity index is 1550. The number of rotatable bonds is 9. The number of H-pyrrole nitrogens is 2. The van der Waals surface area contributed by atoms with E-state index in [9.17, 15) is 34.0 Å². The van der Waals surface area contributed by atoms with Crippen LogP contribution in [0, 0.1) is 0 Å². The van der Waals surface area contributed by atoms with E-state index < -0.39 is 98.4 Å². The van der Waals surface area contributed by atoms with Gasteiger partial charge in [-0.15, -0.1) is 0 Å². The third-order valence-electron chi connectivity index (χ3n) is 6.74. The van der Waals surface area contributed by atoms with Crippen LogP contribution in [0.15, 0.2) is 43.7 Å². The fraction of sp³-hybridized carbons (Fsp3) is 0.636. The van der Waals surface area contributed by atoms with Gasteiger partial charge in [0.05, 0.1) is 13.2 Å². The Morgan fingerprint density at radius 1 is 0.951 bits per heavy atom. The molecule has 19 heteroatoms. The van der Waals surface area contributed by atoms with Crippen LogP contribution in [-0.2, 0) is 37.1 Å². The summed E-state index contributed by atoms with van der Waals surface area (Å²) in [5.41, 5.74) is -2.92. The minimum atomic E-state index is -4.49. The minimum Gasteiger partial charge on any atom is -0.394 e. The van der Waals surface area contributed by atoms with Gasteiger partial charge in [-0.1, -0.05) is 0 Å². The first-order valence-corrected chi connectivity index (χ1v) is 13.9. The molecule has 4 N–H and O–H groups in total. The summed E-state index contributed by atoms with van der Waals surface area (Å²) in [7, 11) is -3.46. The van der Waals surface area contributed by atoms with Gasteiger partial charge < -0.3 is 29.2 Å². The van der Waals surface area contributed by atoms with Gasteiger partial charge in [0.1, 0.15) is 36.6 Å². The van der Waals surface area contributed by atoms with E-state index >= 15 is 0 Å². The highest BCUT2D eigenvalue weighted by Gasteiger charge is 2.57. The van der Waals surface area contributed by atoms with Gasteiger partial charge in [-0.2, -0.15) is 0 Å². The Labute approximate surface area is 229 Å². The summed E-state index contributed by atoms with van der Waals surface area (Å²) in [6, 6.07) is 2.17. The number of aliphatic hydroxyl groups is 2. The second kappa shape index (κ2) is 11.1. The van der Waals surface area contributed by atoms with Crippen LogP contribution in [-0.4, -0.2) is 92.0 Å². The van der Waals surface area contributed by atoms with Crippen molar-refractivity contribution in [3.8, 4) is 0 Å². The average molecular weight is 604 g/mol. The maximum Gasteiger partial charge on any atom is 0.475 e. The van der Waals surface area contributed by atoms with Crippen LogP contribution in [0.3, 0.4) is 0 Å². The first kappa shape index (κ1) is 29.7. The van der Waals surface area contributed by atoms with Crippen LogP contribution in [0.2, 0.25) is 0 Å². The molecular formula is C22H29N4O14P. The van der Waals surface area contributed by atoms with Gasteiger partial charge in [0.2, 0.25) is 0 Å². The van der Waals surface area contributed by atoms with Crippen molar-refractivity contribution >= 4 is 7.82 Å². The van der Waals surface area contributed by atoms with E-state index in [-0.39, 0.29) is 0 Å². The summed E-state index contributed by atoms with van der Waals surface area (Å²) >= 11 is 0. The number of aliphatic hydroxyl groups excluding tert-OH is 2. The van der Waals surface area contributed by atoms with E-state index in [4.69, 9.17) is 32.5 Å². The number of hydrogen-bond acceptors (Lipinski definition) is 14. The van der Waals surface area contributed by atoms with Gasteiger partial charge in [-0.05, 0) is 13.8 Å². The molecule has 2 aromatic rings. The largest absolute Gasteiger partial charge is 0.475 e. The first-order chi connectivity index (χ1) is 19.3. The van der Waals surface area contributed by atoms with Crippen LogP contribution < -0.4 is 22.5 Å². The van der Waals surface area contributed by atoms with Crippen molar-refractivity contribution < 1.29 is 47.3 Å². The molecule has 226 valence electrons. The van der Waals surface area contributed by atoms with Gasteiger partial charge in [-0.25, -0.2) is 14.2 Å². The minimum absolute atomic E-state index is 0.462. The standard InChI is InChI=1S/C22H29N4O14P/c1-22(2)38-16-11(37-19(17(16)39-22)26-7-5-13(29)24-21(26)32)9-35-41(33,34-3)40-15-10(8-27)36-18(14(15)30)25-6-4-12(28)23-20(25)31/h4-7,10-11,14-19,27,30H,8-9H2,1-3H3,(H,23,28,31)(H,24,29,32)/t10-,11-,14?,15?,16+,17?,18-,19-,41?/m1/s1. The first-order valence-electron chi connectivity index (χ1n) is 12.4. The van der Waals surface area contributed by atoms with Crippen LogP contribution in [0.25, 0.3) is 0 Å². The van der Waals surface area contributed by atoms with Gasteiger partial charge in [0.15, 0.2) is 18.2 Å². The van der Waals surface area contributed by atoms with Gasteiger partial charge in [0.25, 0.3) is 11.1 Å². The van der Waals surface area contributed by atoms with E-state index in [2.05, 4.69) is 4.98 Å². The molecule has 0 aromatic carbocycles. The number of aromatic amines is 2. The van der Waals surface area contributed by atoms with Crippen molar-refractivity contribution in [1.82, 2.24) is 19.1 Å². The van der Waals surface area contributed by atoms with Gasteiger partial charge >= 0.3 is 19.2 Å². The maximum absolute atomic E-state index is 13.5. The number of aromatic nitrogens is 4. The molecule has 2 aromatic heterocycles. The zero-order valence-electron chi connectivity index (χ0n) is 22.0. The molecule has 18 nitrogen and oxygen atoms in total. The number of nitrogens with one attached hydrogen (secondary N) is 2. The number of phosphoric ester groups is 1. The van der Waals surface area contributed by atoms with Crippen molar-refractivity contribution in [1.29, 1.82) is 0 Å². The Kier molecular flexibility index (Phi) is 8.07. The third kappa shape index (κ3) is 5.80. The predicted octanol–water partition coefficient (Wildman–Crippen LogP) is -2.09. The molecule has 3 fully saturated rings. The summed E-state index contributed by atoms with van der Waals surface area (Å²) < 4.78 is 54.8. The predicted molar refractivity (Wildman–Crippen MR) is 133 cm³/mol. The highest BCUT2D eigenvalue weighted by molar-refractivity contribution is 7.48. The fourth-order valence-electron chi connectivity index (χ4n) is 4.94. The second-order valence-corrected chi connectivity index (χ2v) is 11.6. The van der Waals surface area contributed by atoms with Crippen molar-refractivity contribution in [2.45, 2.75) is 68.7 Å². The molecule has 0 aliphatic carbocycles. The molecule has 5 heterocycles. The Hall–Kier alpha value is -2.77. The molecule has 0 saturated carbocycles. The third-order valence-corrected chi connectivity index (χ3v) is 8.15. The molecule has 0 amide bonds. The van der Waals surface area contributed by atoms with Crippen molar-refractivity contribution in [3.63, 3.8) is 0 Å². The molecule has 3 aliphatic rings. The molecule has 0 spiro atoms. The molecule has 0 bridgehead atoms. The summed E-state index contributed by atoms with van der Waals surface area (Å²) in [5, 5.41) is 20.7. The average Bonchev–Trinajstić information content (AvgIpc) is 3.51. The quantitative estimate of drug-likeness (QED) is 0.225. The zero-order chi connectivity index (χ0) is 29.7. The normalized spacial score (nSPS) is 34.0. The SMILES string of the molecule is COP(=O)(OC[C@H]1O[C@@H](n2ccc(=O)[nH]c2=O)C2OC(C)(C)O[C@H]21)OC1C(O)[C@H](n2ccc(=O)[nH]c2=O)O[C@@H]1CO. The molecule has 4 unspecified atom stereocenters. The topological polar surface area (TPSA) is 232 Å². The lowest BCUT2D eigenvalue weighted by atomic mass is 10.1. The summed E-state index contributed by atoms with van der Waals surface area (Å²) in [5.74, 6) is -1.07. The monoisotopic (exact) mass is 604 g/mol. The Morgan fingerprint density at radius 3 is 2.07 bits per heavy atom. The maximum atomic E-state index is 13.5. The van der Waals surface area contributed by atoms with Crippen LogP contribution >= 0.6 is 7.82 Å². The van der Waals surface area contributed by atoms with E-state index in [0.29, 0.717) is 0 Å². The molecule has 3 saturated heterocycles. The lowest BCUT2D eigenvalue weighted by Crippen LogP contribution is -2.39. The molecule has 0 radical (unpaired) electrons. The van der Waals surface area contributed by atoms with Crippen LogP contribution in [0.5, 0.6) is 0 Å². The summed E-state index contributed by atoms with van der Waals surface area (Å²) in [6.45, 7) is 2.14. The van der Waals surface area contributed by atoms with E-state index in [1.54, 1.807) is 13.8 Å². The molecule has 3 aliphatic heterocycles. The summed E-state index contributed by atoms with van der Waals surface area (Å²) in [4.78, 5) is 51.7. The molecule has 5 rings (SSSR count). The van der Waals surface area contributed by atoms with Crippen molar-refractivity contribution in [3.05, 3.63) is 66.2 Å². The zero-order valence-corrected chi connectivity index (χ0v) is 22.9. The Morgan fingerprint density at radius 2 is 1.51 bits per heavy atom. The number of nitrogens with zero attached hydrogens (tertiary/aromatic N) is 2. The number of phosphoric acid groups is 1. The van der Waals surface area contributed by atoms with E-state index in [0.717, 1.165) is 34.6 Å². The fourth-order valence-corrected chi connectivity index (χ4v) is 6.08. The molecular weight excluding hydrogens is 575 g/mol. The van der Waals surface area contributed by atoms with Gasteiger partial charge in [-0.3, -0.25) is 42.3 Å². The smallest absolute Gasteiger partial charge is 0.394 e. The highest BCUT2D eigenvalue weighted by Crippen LogP contribution is 2.53. The summed E-state index contributed by atoms with van der Waals surface area (Å²) in [6.07, 6.45) is -7.13. The highest BCUT2D eigenvalue weighted by atomic mass is 31.2. The van der Waals surface area contributed by atoms with E-state index in [1.165, 1.54) is 6.20 Å². The second-order valence-electron chi connectivity index (χ2n) is 9.90. The number of hydrogen-bond donors (Lipinski definition) is 4. The van der Waals surface area contributed by atoms with Gasteiger partial charge in [0, 0.05) is 31.6 Å². The lowest BCUT2D eigenvalue weighted by molar-refractivity contribution is -0.200. The van der Waals surface area contributed by atoms with Crippen LogP contribution in [0.1, 0.15) is 26.3 Å². The van der Waals surface area contributed by atoms with Crippen LogP contribution in [0.4, 0.5) is 0 Å². The number of ether oxygens (including phenoxy) is 4. The number of fused-ring (bicyclic) bond motifs is 1. The molecule has 41 heavy (non-hydrogen) atoms. The van der Waals surface area contributed by atoms with Crippen molar-refractivity contribution in [2.75, 3.05) is 20.3 Å². The lowest BCUT2D eigenvalue weighted by Gasteiger charge is -2.27. The van der Waals surface area contributed by atoms with Crippen molar-refractivity contribution in [2.24, 2.45) is 0 Å². The molecule has 9 atom stereocenters. The van der Waals surface area contributed by atoms with E-state index in [1.807, 2.05) is 4.98 Å².